The molecule has 0 aliphatic carbocycles. The van der Waals surface area contributed by atoms with Crippen LogP contribution in [0.1, 0.15) is 52.3 Å². The maximum absolute atomic E-state index is 15.4. The Bertz CT molecular complexity index is 1900. The largest absolute Gasteiger partial charge is 0.478 e. The van der Waals surface area contributed by atoms with Crippen molar-refractivity contribution in [3.63, 3.8) is 0 Å². The molecule has 0 unspecified atom stereocenters. The Morgan fingerprint density at radius 2 is 1.73 bits per heavy atom. The molecular weight excluding hydrogens is 585 g/mol. The normalized spacial score (nSPS) is 10.7. The van der Waals surface area contributed by atoms with Crippen LogP contribution in [-0.4, -0.2) is 39.3 Å². The summed E-state index contributed by atoms with van der Waals surface area (Å²) in [6.45, 7) is 6.19. The van der Waals surface area contributed by atoms with Gasteiger partial charge in [-0.05, 0) is 60.5 Å². The Balaban J connectivity index is 0.00000226. The van der Waals surface area contributed by atoms with Gasteiger partial charge >= 0.3 is 5.97 Å². The molecular formula is C34H31F3N4O4. The fourth-order valence-corrected chi connectivity index (χ4v) is 4.75. The summed E-state index contributed by atoms with van der Waals surface area (Å²) >= 11 is 0. The number of nitriles is 1. The Hall–Kier alpha value is -5.21. The number of aromatic nitrogens is 3. The number of hydrogen-bond donors (Lipinski definition) is 1. The molecule has 5 aromatic rings. The van der Waals surface area contributed by atoms with Crippen LogP contribution in [0.25, 0.3) is 22.3 Å². The first-order valence-electron chi connectivity index (χ1n) is 14.2. The fourth-order valence-electron chi connectivity index (χ4n) is 4.75. The van der Waals surface area contributed by atoms with Crippen LogP contribution in [0.5, 0.6) is 5.88 Å². The van der Waals surface area contributed by atoms with E-state index in [9.17, 15) is 14.3 Å². The molecule has 45 heavy (non-hydrogen) atoms. The lowest BCUT2D eigenvalue weighted by Gasteiger charge is -2.12. The molecule has 0 aliphatic heterocycles. The number of imidazole rings is 1. The molecule has 0 fully saturated rings. The number of aromatic carboxylic acids is 1. The van der Waals surface area contributed by atoms with E-state index in [1.54, 1.807) is 17.6 Å². The van der Waals surface area contributed by atoms with Crippen molar-refractivity contribution in [1.82, 2.24) is 14.5 Å². The average molecular weight is 617 g/mol. The molecule has 0 radical (unpaired) electrons. The van der Waals surface area contributed by atoms with E-state index in [2.05, 4.69) is 9.97 Å². The third-order valence-corrected chi connectivity index (χ3v) is 6.93. The van der Waals surface area contributed by atoms with E-state index in [0.29, 0.717) is 35.6 Å². The van der Waals surface area contributed by atoms with Crippen molar-refractivity contribution < 1.29 is 32.5 Å². The van der Waals surface area contributed by atoms with Crippen LogP contribution in [0.3, 0.4) is 0 Å². The number of halogens is 3. The van der Waals surface area contributed by atoms with Crippen molar-refractivity contribution in [3.8, 4) is 23.2 Å². The number of carbonyl (C=O) groups is 1. The first-order valence-corrected chi connectivity index (χ1v) is 14.2. The van der Waals surface area contributed by atoms with Crippen LogP contribution in [0.4, 0.5) is 13.2 Å². The van der Waals surface area contributed by atoms with Gasteiger partial charge in [-0.25, -0.2) is 27.9 Å². The zero-order valence-corrected chi connectivity index (χ0v) is 25.2. The van der Waals surface area contributed by atoms with Crippen molar-refractivity contribution in [1.29, 1.82) is 5.26 Å². The summed E-state index contributed by atoms with van der Waals surface area (Å²) in [5.41, 5.74) is 2.32. The highest BCUT2D eigenvalue weighted by atomic mass is 19.1. The molecule has 0 bridgehead atoms. The minimum absolute atomic E-state index is 0.0510. The van der Waals surface area contributed by atoms with Crippen molar-refractivity contribution in [3.05, 3.63) is 112 Å². The number of carboxylic acid groups (broad SMARTS) is 1. The Labute approximate surface area is 258 Å². The van der Waals surface area contributed by atoms with E-state index in [0.717, 1.165) is 18.2 Å². The van der Waals surface area contributed by atoms with Gasteiger partial charge in [-0.2, -0.15) is 5.26 Å². The van der Waals surface area contributed by atoms with Crippen LogP contribution in [-0.2, 0) is 24.3 Å². The van der Waals surface area contributed by atoms with Gasteiger partial charge in [0.05, 0.1) is 40.5 Å². The summed E-state index contributed by atoms with van der Waals surface area (Å²) in [5.74, 6) is -2.59. The fraction of sp³-hybridized carbons (Fsp3) is 0.235. The van der Waals surface area contributed by atoms with Gasteiger partial charge in [0.1, 0.15) is 29.9 Å². The number of rotatable bonds is 10. The van der Waals surface area contributed by atoms with Crippen molar-refractivity contribution in [2.24, 2.45) is 0 Å². The van der Waals surface area contributed by atoms with E-state index in [1.165, 1.54) is 43.5 Å². The monoisotopic (exact) mass is 616 g/mol. The number of aryl methyl sites for hydroxylation is 1. The summed E-state index contributed by atoms with van der Waals surface area (Å²) in [7, 11) is 1.53. The molecule has 5 rings (SSSR count). The number of nitrogens with zero attached hydrogens (tertiary/aromatic N) is 4. The predicted octanol–water partition coefficient (Wildman–Crippen LogP) is 7.24. The molecule has 8 nitrogen and oxygen atoms in total. The van der Waals surface area contributed by atoms with E-state index < -0.39 is 23.4 Å². The van der Waals surface area contributed by atoms with Gasteiger partial charge in [-0.15, -0.1) is 0 Å². The van der Waals surface area contributed by atoms with Crippen LogP contribution < -0.4 is 4.74 Å². The lowest BCUT2D eigenvalue weighted by molar-refractivity contribution is 0.0697. The quantitative estimate of drug-likeness (QED) is 0.176. The standard InChI is InChI=1S/C32H25F3N4O4.C2H6/c1-18-10-22(32(40)41)13-28-31(18)38-29(39(28)8-9-42-2)14-21-12-26(35)23(15-25(21)34)27-4-3-5-30(37-27)43-17-20-7-6-19(16-36)11-24(20)33;1-2/h3-7,10-13,15H,8-9,14,17H2,1-2H3,(H,40,41);1-2H3. The number of carboxylic acids is 1. The van der Waals surface area contributed by atoms with Gasteiger partial charge in [0, 0.05) is 37.3 Å². The Morgan fingerprint density at radius 1 is 0.978 bits per heavy atom. The molecule has 232 valence electrons. The Morgan fingerprint density at radius 3 is 2.42 bits per heavy atom. The molecule has 0 spiro atoms. The van der Waals surface area contributed by atoms with Gasteiger partial charge in [-0.1, -0.05) is 26.0 Å². The number of hydrogen-bond acceptors (Lipinski definition) is 6. The van der Waals surface area contributed by atoms with Gasteiger partial charge in [-0.3, -0.25) is 0 Å². The van der Waals surface area contributed by atoms with Crippen LogP contribution in [0.15, 0.2) is 60.7 Å². The molecule has 0 saturated carbocycles. The molecule has 0 amide bonds. The van der Waals surface area contributed by atoms with Crippen molar-refractivity contribution in [2.45, 2.75) is 40.3 Å². The second-order valence-corrected chi connectivity index (χ2v) is 9.81. The smallest absolute Gasteiger partial charge is 0.335 e. The summed E-state index contributed by atoms with van der Waals surface area (Å²) in [5, 5.41) is 18.4. The predicted molar refractivity (Wildman–Crippen MR) is 162 cm³/mol. The zero-order chi connectivity index (χ0) is 32.7. The average Bonchev–Trinajstić information content (AvgIpc) is 3.39. The minimum atomic E-state index is -1.08. The van der Waals surface area contributed by atoms with Gasteiger partial charge < -0.3 is 19.1 Å². The first kappa shape index (κ1) is 32.7. The molecule has 2 heterocycles. The first-order chi connectivity index (χ1) is 21.7. The number of pyridine rings is 1. The molecule has 0 aliphatic rings. The summed E-state index contributed by atoms with van der Waals surface area (Å²) in [6.07, 6.45) is -0.0595. The maximum atomic E-state index is 15.4. The maximum Gasteiger partial charge on any atom is 0.335 e. The minimum Gasteiger partial charge on any atom is -0.478 e. The highest BCUT2D eigenvalue weighted by Crippen LogP contribution is 2.29. The topological polar surface area (TPSA) is 110 Å². The lowest BCUT2D eigenvalue weighted by atomic mass is 10.0. The SMILES string of the molecule is CC.COCCn1c(Cc2cc(F)c(-c3cccc(OCc4ccc(C#N)cc4F)n3)cc2F)nc2c(C)cc(C(=O)O)cc21. The van der Waals surface area contributed by atoms with Gasteiger partial charge in [0.25, 0.3) is 0 Å². The molecule has 0 saturated heterocycles. The number of benzene rings is 3. The summed E-state index contributed by atoms with van der Waals surface area (Å²) in [6, 6.07) is 15.6. The summed E-state index contributed by atoms with van der Waals surface area (Å²) in [4.78, 5) is 20.5. The van der Waals surface area contributed by atoms with E-state index in [4.69, 9.17) is 14.7 Å². The lowest BCUT2D eigenvalue weighted by Crippen LogP contribution is -2.10. The molecule has 11 heteroatoms. The van der Waals surface area contributed by atoms with Crippen LogP contribution in [0, 0.1) is 35.7 Å². The van der Waals surface area contributed by atoms with E-state index in [1.807, 2.05) is 19.9 Å². The zero-order valence-electron chi connectivity index (χ0n) is 25.2. The molecule has 3 aromatic carbocycles. The van der Waals surface area contributed by atoms with Crippen LogP contribution in [0.2, 0.25) is 0 Å². The van der Waals surface area contributed by atoms with Gasteiger partial charge in [0.2, 0.25) is 5.88 Å². The highest BCUT2D eigenvalue weighted by Gasteiger charge is 2.20. The van der Waals surface area contributed by atoms with Crippen LogP contribution >= 0.6 is 0 Å². The second-order valence-electron chi connectivity index (χ2n) is 9.81. The number of fused-ring (bicyclic) bond motifs is 1. The van der Waals surface area contributed by atoms with Crippen molar-refractivity contribution >= 4 is 17.0 Å². The van der Waals surface area contributed by atoms with Gasteiger partial charge in [0.15, 0.2) is 0 Å². The Kier molecular flexibility index (Phi) is 10.5. The highest BCUT2D eigenvalue weighted by molar-refractivity contribution is 5.94. The van der Waals surface area contributed by atoms with Crippen molar-refractivity contribution in [2.75, 3.05) is 13.7 Å². The third kappa shape index (κ3) is 7.30. The van der Waals surface area contributed by atoms with E-state index >= 15 is 8.78 Å². The molecule has 0 atom stereocenters. The van der Waals surface area contributed by atoms with E-state index in [-0.39, 0.29) is 52.4 Å². The number of ether oxygens (including phenoxy) is 2. The molecule has 2 aromatic heterocycles. The summed E-state index contributed by atoms with van der Waals surface area (Å²) < 4.78 is 57.6. The third-order valence-electron chi connectivity index (χ3n) is 6.93. The second kappa shape index (κ2) is 14.5. The number of methoxy groups -OCH3 is 1. The molecule has 1 N–H and O–H groups in total.